The van der Waals surface area contributed by atoms with E-state index in [-0.39, 0.29) is 6.42 Å². The molecule has 2 aromatic rings. The quantitative estimate of drug-likeness (QED) is 0.931. The Bertz CT molecular complexity index is 633. The summed E-state index contributed by atoms with van der Waals surface area (Å²) >= 11 is 3.33. The van der Waals surface area contributed by atoms with Gasteiger partial charge in [0.2, 0.25) is 0 Å². The van der Waals surface area contributed by atoms with E-state index in [1.165, 1.54) is 0 Å². The molecule has 0 spiro atoms. The summed E-state index contributed by atoms with van der Waals surface area (Å²) in [7, 11) is 5.79. The number of aliphatic carboxylic acids is 1. The van der Waals surface area contributed by atoms with Gasteiger partial charge in [-0.1, -0.05) is 0 Å². The van der Waals surface area contributed by atoms with Crippen LogP contribution in [0.15, 0.2) is 28.9 Å². The van der Waals surface area contributed by atoms with Gasteiger partial charge in [0.15, 0.2) is 0 Å². The van der Waals surface area contributed by atoms with Crippen LogP contribution in [-0.4, -0.2) is 34.7 Å². The number of rotatable bonds is 4. The van der Waals surface area contributed by atoms with Gasteiger partial charge in [0.05, 0.1) is 12.1 Å². The molecule has 0 atom stereocenters. The lowest BCUT2D eigenvalue weighted by molar-refractivity contribution is -0.136. The predicted octanol–water partition coefficient (Wildman–Crippen LogP) is 2.54. The van der Waals surface area contributed by atoms with Gasteiger partial charge in [-0.25, -0.2) is 4.98 Å². The maximum Gasteiger partial charge on any atom is 0.309 e. The molecule has 5 nitrogen and oxygen atoms in total. The smallest absolute Gasteiger partial charge is 0.309 e. The zero-order valence-corrected chi connectivity index (χ0v) is 13.2. The minimum atomic E-state index is -0.872. The molecule has 1 heterocycles. The third-order valence-corrected chi connectivity index (χ3v) is 3.76. The average molecular weight is 338 g/mol. The molecule has 0 unspecified atom stereocenters. The minimum absolute atomic E-state index is 0.0557. The summed E-state index contributed by atoms with van der Waals surface area (Å²) in [6.07, 6.45) is -0.0557. The largest absolute Gasteiger partial charge is 0.481 e. The number of nitrogens with zero attached hydrogens (tertiary/aromatic N) is 3. The Balaban J connectivity index is 2.40. The number of anilines is 1. The fourth-order valence-corrected chi connectivity index (χ4v) is 2.57. The van der Waals surface area contributed by atoms with E-state index in [1.54, 1.807) is 0 Å². The van der Waals surface area contributed by atoms with Crippen LogP contribution in [0.4, 0.5) is 5.69 Å². The molecule has 0 fully saturated rings. The van der Waals surface area contributed by atoms with Crippen molar-refractivity contribution in [2.75, 3.05) is 19.0 Å². The molecule has 6 heteroatoms. The van der Waals surface area contributed by atoms with Gasteiger partial charge >= 0.3 is 5.97 Å². The van der Waals surface area contributed by atoms with Crippen LogP contribution < -0.4 is 4.90 Å². The molecule has 0 aliphatic heterocycles. The summed E-state index contributed by atoms with van der Waals surface area (Å²) in [5, 5.41) is 8.93. The second kappa shape index (κ2) is 5.66. The molecule has 0 amide bonds. The third-order valence-electron chi connectivity index (χ3n) is 3.13. The molecule has 1 aromatic carbocycles. The van der Waals surface area contributed by atoms with Gasteiger partial charge in [-0.05, 0) is 40.2 Å². The molecule has 1 aromatic heterocycles. The lowest BCUT2D eigenvalue weighted by atomic mass is 10.2. The Morgan fingerprint density at radius 1 is 1.35 bits per heavy atom. The van der Waals surface area contributed by atoms with Crippen LogP contribution in [-0.2, 0) is 18.3 Å². The second-order valence-electron chi connectivity index (χ2n) is 4.74. The van der Waals surface area contributed by atoms with Crippen molar-refractivity contribution in [2.24, 2.45) is 7.05 Å². The molecule has 20 heavy (non-hydrogen) atoms. The first-order chi connectivity index (χ1) is 9.40. The highest BCUT2D eigenvalue weighted by molar-refractivity contribution is 9.10. The van der Waals surface area contributed by atoms with E-state index in [0.717, 1.165) is 17.1 Å². The zero-order valence-electron chi connectivity index (χ0n) is 11.6. The van der Waals surface area contributed by atoms with Crippen molar-refractivity contribution in [3.05, 3.63) is 34.6 Å². The summed E-state index contributed by atoms with van der Waals surface area (Å²) in [6, 6.07) is 7.98. The molecule has 0 radical (unpaired) electrons. The predicted molar refractivity (Wildman–Crippen MR) is 82.0 cm³/mol. The zero-order chi connectivity index (χ0) is 14.9. The standard InChI is InChI=1S/C14H16BrN3O2/c1-17(2)10-6-4-9(5-7-10)14-16-13(15)11(18(14)3)8-12(19)20/h4-7H,8H2,1-3H3,(H,19,20). The van der Waals surface area contributed by atoms with Crippen LogP contribution in [0, 0.1) is 0 Å². The van der Waals surface area contributed by atoms with Crippen molar-refractivity contribution in [1.29, 1.82) is 0 Å². The number of hydrogen-bond donors (Lipinski definition) is 1. The molecular formula is C14H16BrN3O2. The van der Waals surface area contributed by atoms with Crippen molar-refractivity contribution in [3.63, 3.8) is 0 Å². The minimum Gasteiger partial charge on any atom is -0.481 e. The Morgan fingerprint density at radius 2 is 1.95 bits per heavy atom. The molecule has 2 rings (SSSR count). The number of hydrogen-bond acceptors (Lipinski definition) is 3. The summed E-state index contributed by atoms with van der Waals surface area (Å²) < 4.78 is 2.39. The van der Waals surface area contributed by atoms with Crippen LogP contribution in [0.3, 0.4) is 0 Å². The van der Waals surface area contributed by atoms with Gasteiger partial charge in [0.25, 0.3) is 0 Å². The van der Waals surface area contributed by atoms with Crippen molar-refractivity contribution in [2.45, 2.75) is 6.42 Å². The van der Waals surface area contributed by atoms with Gasteiger partial charge in [-0.2, -0.15) is 0 Å². The third kappa shape index (κ3) is 2.85. The monoisotopic (exact) mass is 337 g/mol. The Hall–Kier alpha value is -1.82. The number of aromatic nitrogens is 2. The van der Waals surface area contributed by atoms with Crippen molar-refractivity contribution in [3.8, 4) is 11.4 Å². The number of carboxylic acid groups (broad SMARTS) is 1. The molecule has 0 saturated heterocycles. The SMILES string of the molecule is CN(C)c1ccc(-c2nc(Br)c(CC(=O)O)n2C)cc1. The first kappa shape index (κ1) is 14.6. The van der Waals surface area contributed by atoms with E-state index < -0.39 is 5.97 Å². The van der Waals surface area contributed by atoms with Crippen LogP contribution in [0.5, 0.6) is 0 Å². The van der Waals surface area contributed by atoms with E-state index in [0.29, 0.717) is 10.3 Å². The fourth-order valence-electron chi connectivity index (χ4n) is 2.00. The first-order valence-electron chi connectivity index (χ1n) is 6.10. The van der Waals surface area contributed by atoms with E-state index in [1.807, 2.05) is 54.9 Å². The van der Waals surface area contributed by atoms with E-state index >= 15 is 0 Å². The maximum absolute atomic E-state index is 10.9. The van der Waals surface area contributed by atoms with Gasteiger partial charge < -0.3 is 14.6 Å². The van der Waals surface area contributed by atoms with Crippen LogP contribution in [0.25, 0.3) is 11.4 Å². The first-order valence-corrected chi connectivity index (χ1v) is 6.90. The average Bonchev–Trinajstić information content (AvgIpc) is 2.66. The Kier molecular flexibility index (Phi) is 4.13. The van der Waals surface area contributed by atoms with Gasteiger partial charge in [-0.15, -0.1) is 0 Å². The number of halogens is 1. The highest BCUT2D eigenvalue weighted by Crippen LogP contribution is 2.26. The van der Waals surface area contributed by atoms with Gasteiger partial charge in [0, 0.05) is 32.4 Å². The fraction of sp³-hybridized carbons (Fsp3) is 0.286. The van der Waals surface area contributed by atoms with E-state index in [2.05, 4.69) is 20.9 Å². The summed E-state index contributed by atoms with van der Waals surface area (Å²) in [6.45, 7) is 0. The lowest BCUT2D eigenvalue weighted by Crippen LogP contribution is -2.08. The van der Waals surface area contributed by atoms with Gasteiger partial charge in [-0.3, -0.25) is 4.79 Å². The normalized spacial score (nSPS) is 10.6. The van der Waals surface area contributed by atoms with Crippen LogP contribution in [0.1, 0.15) is 5.69 Å². The topological polar surface area (TPSA) is 58.4 Å². The molecule has 0 aliphatic rings. The molecule has 0 saturated carbocycles. The Labute approximate surface area is 126 Å². The molecule has 0 aliphatic carbocycles. The summed E-state index contributed by atoms with van der Waals surface area (Å²) in [5.74, 6) is -0.123. The van der Waals surface area contributed by atoms with Gasteiger partial charge in [0.1, 0.15) is 10.4 Å². The summed E-state index contributed by atoms with van der Waals surface area (Å²) in [4.78, 5) is 17.3. The number of benzene rings is 1. The van der Waals surface area contributed by atoms with E-state index in [9.17, 15) is 4.79 Å². The van der Waals surface area contributed by atoms with E-state index in [4.69, 9.17) is 5.11 Å². The summed E-state index contributed by atoms with van der Waals surface area (Å²) in [5.41, 5.74) is 2.72. The van der Waals surface area contributed by atoms with Crippen molar-refractivity contribution >= 4 is 27.6 Å². The lowest BCUT2D eigenvalue weighted by Gasteiger charge is -2.12. The molecule has 1 N–H and O–H groups in total. The number of carbonyl (C=O) groups is 1. The molecule has 0 bridgehead atoms. The van der Waals surface area contributed by atoms with Crippen LogP contribution >= 0.6 is 15.9 Å². The highest BCUT2D eigenvalue weighted by atomic mass is 79.9. The number of imidazole rings is 1. The highest BCUT2D eigenvalue weighted by Gasteiger charge is 2.16. The Morgan fingerprint density at radius 3 is 2.45 bits per heavy atom. The molecule has 106 valence electrons. The second-order valence-corrected chi connectivity index (χ2v) is 5.49. The molecular weight excluding hydrogens is 322 g/mol. The number of carboxylic acids is 1. The van der Waals surface area contributed by atoms with Crippen molar-refractivity contribution < 1.29 is 9.90 Å². The maximum atomic E-state index is 10.9. The van der Waals surface area contributed by atoms with Crippen LogP contribution in [0.2, 0.25) is 0 Å². The van der Waals surface area contributed by atoms with Crippen molar-refractivity contribution in [1.82, 2.24) is 9.55 Å².